The maximum Gasteiger partial charge on any atom is 0.176 e. The largest absolute Gasteiger partial charge is 0.340 e. The lowest BCUT2D eigenvalue weighted by atomic mass is 10.1. The lowest BCUT2D eigenvalue weighted by Crippen LogP contribution is -2.13. The Balaban J connectivity index is 1.44. The monoisotopic (exact) mass is 525 g/mol. The van der Waals surface area contributed by atoms with E-state index >= 15 is 0 Å². The number of fused-ring (bicyclic) bond motifs is 3. The molecule has 200 valence electrons. The van der Waals surface area contributed by atoms with E-state index in [0.717, 1.165) is 47.1 Å². The van der Waals surface area contributed by atoms with E-state index in [0.29, 0.717) is 5.92 Å². The SMILES string of the molecule is C/C(=N/N(c1ccccc1)c1cc(C)n(-c2ccccc2)n1)c1ccc2c(c1)c1ccccc1n2CCC(C)C. The Labute approximate surface area is 236 Å². The third-order valence-corrected chi connectivity index (χ3v) is 7.46. The molecule has 5 heteroatoms. The van der Waals surface area contributed by atoms with Crippen molar-refractivity contribution >= 4 is 39.0 Å². The molecule has 2 aromatic heterocycles. The van der Waals surface area contributed by atoms with Crippen molar-refractivity contribution in [2.45, 2.75) is 40.7 Å². The van der Waals surface area contributed by atoms with Crippen LogP contribution in [0, 0.1) is 12.8 Å². The first-order valence-corrected chi connectivity index (χ1v) is 14.0. The summed E-state index contributed by atoms with van der Waals surface area (Å²) in [6.45, 7) is 9.74. The number of para-hydroxylation sites is 3. The summed E-state index contributed by atoms with van der Waals surface area (Å²) in [5.74, 6) is 1.43. The third kappa shape index (κ3) is 4.91. The number of rotatable bonds is 8. The summed E-state index contributed by atoms with van der Waals surface area (Å²) in [7, 11) is 0. The molecule has 40 heavy (non-hydrogen) atoms. The molecule has 0 radical (unpaired) electrons. The molecule has 6 rings (SSSR count). The van der Waals surface area contributed by atoms with Crippen molar-refractivity contribution in [1.82, 2.24) is 14.3 Å². The summed E-state index contributed by atoms with van der Waals surface area (Å²) in [6, 6.07) is 38.0. The molecule has 0 unspecified atom stereocenters. The van der Waals surface area contributed by atoms with E-state index in [4.69, 9.17) is 10.2 Å². The molecule has 0 saturated heterocycles. The maximum absolute atomic E-state index is 5.16. The van der Waals surface area contributed by atoms with E-state index in [1.54, 1.807) is 0 Å². The van der Waals surface area contributed by atoms with E-state index in [2.05, 4.69) is 105 Å². The first kappa shape index (κ1) is 25.6. The number of benzene rings is 4. The zero-order chi connectivity index (χ0) is 27.6. The first-order valence-electron chi connectivity index (χ1n) is 14.0. The Bertz CT molecular complexity index is 1790. The minimum Gasteiger partial charge on any atom is -0.340 e. The number of anilines is 2. The van der Waals surface area contributed by atoms with Gasteiger partial charge in [-0.05, 0) is 74.2 Å². The second-order valence-corrected chi connectivity index (χ2v) is 10.8. The fraction of sp³-hybridized carbons (Fsp3) is 0.200. The summed E-state index contributed by atoms with van der Waals surface area (Å²) >= 11 is 0. The topological polar surface area (TPSA) is 38.4 Å². The van der Waals surface area contributed by atoms with Crippen LogP contribution < -0.4 is 5.01 Å². The normalized spacial score (nSPS) is 12.1. The zero-order valence-corrected chi connectivity index (χ0v) is 23.6. The highest BCUT2D eigenvalue weighted by Crippen LogP contribution is 2.32. The number of aromatic nitrogens is 3. The molecule has 0 fully saturated rings. The standard InChI is InChI=1S/C35H35N5/c1-25(2)21-22-38-33-18-12-11-17-31(33)32-24-28(19-20-34(32)38)27(4)36-40(30-15-9-6-10-16-30)35-23-26(3)39(37-35)29-13-7-5-8-14-29/h5-20,23-25H,21-22H2,1-4H3/b36-27-. The molecule has 6 aromatic rings. The Morgan fingerprint density at radius 1 is 0.800 bits per heavy atom. The van der Waals surface area contributed by atoms with Crippen molar-refractivity contribution in [3.8, 4) is 5.69 Å². The first-order chi connectivity index (χ1) is 19.5. The summed E-state index contributed by atoms with van der Waals surface area (Å²) < 4.78 is 4.43. The lowest BCUT2D eigenvalue weighted by Gasteiger charge is -2.18. The molecule has 0 bridgehead atoms. The minimum atomic E-state index is 0.655. The van der Waals surface area contributed by atoms with Crippen LogP contribution in [0.2, 0.25) is 0 Å². The third-order valence-electron chi connectivity index (χ3n) is 7.46. The van der Waals surface area contributed by atoms with Gasteiger partial charge in [0, 0.05) is 40.1 Å². The maximum atomic E-state index is 5.16. The molecule has 0 atom stereocenters. The van der Waals surface area contributed by atoms with Gasteiger partial charge in [0.2, 0.25) is 0 Å². The van der Waals surface area contributed by atoms with Crippen molar-refractivity contribution in [3.63, 3.8) is 0 Å². The van der Waals surface area contributed by atoms with Gasteiger partial charge in [0.15, 0.2) is 5.82 Å². The Kier molecular flexibility index (Phi) is 6.95. The zero-order valence-electron chi connectivity index (χ0n) is 23.6. The van der Waals surface area contributed by atoms with E-state index in [1.807, 2.05) is 46.1 Å². The number of nitrogens with zero attached hydrogens (tertiary/aromatic N) is 5. The average molecular weight is 526 g/mol. The minimum absolute atomic E-state index is 0.655. The highest BCUT2D eigenvalue weighted by molar-refractivity contribution is 6.11. The van der Waals surface area contributed by atoms with Crippen LogP contribution in [0.4, 0.5) is 11.5 Å². The van der Waals surface area contributed by atoms with Crippen LogP contribution in [0.5, 0.6) is 0 Å². The molecule has 0 saturated carbocycles. The predicted molar refractivity (Wildman–Crippen MR) is 168 cm³/mol. The highest BCUT2D eigenvalue weighted by Gasteiger charge is 2.17. The van der Waals surface area contributed by atoms with Gasteiger partial charge in [0.05, 0.1) is 17.1 Å². The van der Waals surface area contributed by atoms with Crippen molar-refractivity contribution in [2.24, 2.45) is 11.0 Å². The van der Waals surface area contributed by atoms with Crippen LogP contribution in [-0.2, 0) is 6.54 Å². The van der Waals surface area contributed by atoms with Crippen molar-refractivity contribution in [1.29, 1.82) is 0 Å². The van der Waals surface area contributed by atoms with Gasteiger partial charge in [-0.3, -0.25) is 0 Å². The van der Waals surface area contributed by atoms with Crippen LogP contribution in [0.25, 0.3) is 27.5 Å². The summed E-state index contributed by atoms with van der Waals surface area (Å²) in [5, 5.41) is 14.6. The van der Waals surface area contributed by atoms with E-state index in [-0.39, 0.29) is 0 Å². The smallest absolute Gasteiger partial charge is 0.176 e. The predicted octanol–water partition coefficient (Wildman–Crippen LogP) is 8.90. The van der Waals surface area contributed by atoms with Gasteiger partial charge in [-0.2, -0.15) is 5.10 Å². The van der Waals surface area contributed by atoms with Gasteiger partial charge in [-0.25, -0.2) is 9.69 Å². The van der Waals surface area contributed by atoms with E-state index in [9.17, 15) is 0 Å². The molecule has 0 spiro atoms. The quantitative estimate of drug-likeness (QED) is 0.147. The van der Waals surface area contributed by atoms with E-state index in [1.165, 1.54) is 21.8 Å². The number of hydrogen-bond acceptors (Lipinski definition) is 3. The van der Waals surface area contributed by atoms with Gasteiger partial charge < -0.3 is 4.57 Å². The second kappa shape index (κ2) is 10.9. The van der Waals surface area contributed by atoms with Crippen LogP contribution in [0.1, 0.15) is 38.4 Å². The fourth-order valence-electron chi connectivity index (χ4n) is 5.32. The molecule has 5 nitrogen and oxygen atoms in total. The van der Waals surface area contributed by atoms with Crippen molar-refractivity contribution in [3.05, 3.63) is 120 Å². The van der Waals surface area contributed by atoms with Crippen LogP contribution >= 0.6 is 0 Å². The van der Waals surface area contributed by atoms with Gasteiger partial charge >= 0.3 is 0 Å². The molecule has 0 amide bonds. The fourth-order valence-corrected chi connectivity index (χ4v) is 5.32. The average Bonchev–Trinajstić information content (AvgIpc) is 3.52. The van der Waals surface area contributed by atoms with Gasteiger partial charge in [-0.15, -0.1) is 5.10 Å². The molecule has 4 aromatic carbocycles. The number of aryl methyl sites for hydroxylation is 2. The van der Waals surface area contributed by atoms with Crippen LogP contribution in [0.3, 0.4) is 0 Å². The molecular weight excluding hydrogens is 490 g/mol. The van der Waals surface area contributed by atoms with Crippen LogP contribution in [0.15, 0.2) is 114 Å². The second-order valence-electron chi connectivity index (χ2n) is 10.8. The molecule has 0 aliphatic carbocycles. The van der Waals surface area contributed by atoms with Gasteiger partial charge in [-0.1, -0.05) is 74.5 Å². The highest BCUT2D eigenvalue weighted by atomic mass is 15.5. The Morgan fingerprint density at radius 3 is 2.23 bits per heavy atom. The number of hydrazone groups is 1. The molecule has 0 N–H and O–H groups in total. The van der Waals surface area contributed by atoms with Gasteiger partial charge in [0.25, 0.3) is 0 Å². The van der Waals surface area contributed by atoms with Crippen molar-refractivity contribution < 1.29 is 0 Å². The number of hydrogen-bond donors (Lipinski definition) is 0. The molecule has 0 aliphatic rings. The Hall–Kier alpha value is -4.64. The molecular formula is C35H35N5. The van der Waals surface area contributed by atoms with Crippen LogP contribution in [-0.4, -0.2) is 20.1 Å². The van der Waals surface area contributed by atoms with Crippen molar-refractivity contribution in [2.75, 3.05) is 5.01 Å². The Morgan fingerprint density at radius 2 is 1.48 bits per heavy atom. The molecule has 0 aliphatic heterocycles. The van der Waals surface area contributed by atoms with E-state index < -0.39 is 0 Å². The molecule has 2 heterocycles. The summed E-state index contributed by atoms with van der Waals surface area (Å²) in [6.07, 6.45) is 1.15. The van der Waals surface area contributed by atoms with Gasteiger partial charge in [0.1, 0.15) is 0 Å². The summed E-state index contributed by atoms with van der Waals surface area (Å²) in [5.41, 5.74) is 7.63. The summed E-state index contributed by atoms with van der Waals surface area (Å²) in [4.78, 5) is 0. The lowest BCUT2D eigenvalue weighted by molar-refractivity contribution is 0.531.